The predicted octanol–water partition coefficient (Wildman–Crippen LogP) is 3.57. The first-order valence-electron chi connectivity index (χ1n) is 8.42. The molecular formula is C19H16BrN3O5S. The van der Waals surface area contributed by atoms with Crippen molar-refractivity contribution in [2.75, 3.05) is 11.9 Å². The van der Waals surface area contributed by atoms with E-state index in [1.807, 2.05) is 0 Å². The number of ether oxygens (including phenoxy) is 1. The van der Waals surface area contributed by atoms with Gasteiger partial charge in [-0.2, -0.15) is 0 Å². The van der Waals surface area contributed by atoms with Gasteiger partial charge in [-0.1, -0.05) is 15.9 Å². The molecule has 0 radical (unpaired) electrons. The third kappa shape index (κ3) is 4.08. The summed E-state index contributed by atoms with van der Waals surface area (Å²) in [6.07, 6.45) is 0. The van der Waals surface area contributed by atoms with E-state index >= 15 is 0 Å². The van der Waals surface area contributed by atoms with Crippen LogP contribution in [-0.4, -0.2) is 24.4 Å². The Kier molecular flexibility index (Phi) is 5.85. The molecule has 0 aliphatic heterocycles. The Morgan fingerprint density at radius 2 is 2.03 bits per heavy atom. The van der Waals surface area contributed by atoms with Crippen molar-refractivity contribution in [3.05, 3.63) is 55.9 Å². The third-order valence-corrected chi connectivity index (χ3v) is 5.77. The van der Waals surface area contributed by atoms with Gasteiger partial charge in [-0.3, -0.25) is 15.0 Å². The molecule has 150 valence electrons. The minimum atomic E-state index is -0.717. The second-order valence-electron chi connectivity index (χ2n) is 5.97. The van der Waals surface area contributed by atoms with E-state index in [4.69, 9.17) is 20.3 Å². The van der Waals surface area contributed by atoms with Gasteiger partial charge in [0.2, 0.25) is 5.55 Å². The number of nitrogens with two attached hydrogens (primary N) is 1. The number of nitrogens with one attached hydrogen (secondary N) is 2. The van der Waals surface area contributed by atoms with Crippen LogP contribution in [0, 0.1) is 12.3 Å². The van der Waals surface area contributed by atoms with Crippen LogP contribution in [-0.2, 0) is 4.74 Å². The average molecular weight is 478 g/mol. The number of carbonyl (C=O) groups excluding carboxylic acids is 3. The molecule has 3 aromatic rings. The van der Waals surface area contributed by atoms with Crippen molar-refractivity contribution in [3.63, 3.8) is 0 Å². The van der Waals surface area contributed by atoms with Crippen LogP contribution in [0.25, 0.3) is 11.0 Å². The molecule has 0 saturated carbocycles. The number of anilines is 1. The number of thiophene rings is 1. The molecule has 29 heavy (non-hydrogen) atoms. The topological polar surface area (TPSA) is 135 Å². The zero-order chi connectivity index (χ0) is 21.3. The number of primary amides is 1. The van der Waals surface area contributed by atoms with Crippen LogP contribution in [0.15, 0.2) is 33.2 Å². The van der Waals surface area contributed by atoms with E-state index in [0.717, 1.165) is 15.8 Å². The summed E-state index contributed by atoms with van der Waals surface area (Å²) >= 11 is 4.22. The van der Waals surface area contributed by atoms with Crippen molar-refractivity contribution in [3.8, 4) is 0 Å². The van der Waals surface area contributed by atoms with Gasteiger partial charge in [-0.25, -0.2) is 4.79 Å². The summed E-state index contributed by atoms with van der Waals surface area (Å²) in [4.78, 5) is 37.0. The van der Waals surface area contributed by atoms with Gasteiger partial charge in [0.05, 0.1) is 17.0 Å². The van der Waals surface area contributed by atoms with E-state index in [0.29, 0.717) is 16.5 Å². The molecule has 8 nitrogen and oxygen atoms in total. The van der Waals surface area contributed by atoms with Crippen LogP contribution < -0.4 is 16.6 Å². The number of esters is 1. The number of hydrogen-bond donors (Lipinski definition) is 3. The van der Waals surface area contributed by atoms with Crippen LogP contribution in [0.1, 0.15) is 42.9 Å². The highest BCUT2D eigenvalue weighted by molar-refractivity contribution is 9.10. The van der Waals surface area contributed by atoms with Crippen molar-refractivity contribution >= 4 is 61.0 Å². The molecule has 0 aliphatic rings. The lowest BCUT2D eigenvalue weighted by Gasteiger charge is -2.08. The molecule has 0 unspecified atom stereocenters. The van der Waals surface area contributed by atoms with E-state index in [2.05, 4.69) is 21.2 Å². The van der Waals surface area contributed by atoms with Gasteiger partial charge in [-0.15, -0.1) is 11.3 Å². The molecule has 1 aromatic carbocycles. The quantitative estimate of drug-likeness (QED) is 0.482. The van der Waals surface area contributed by atoms with E-state index < -0.39 is 17.8 Å². The second kappa shape index (κ2) is 8.18. The number of amides is 2. The first kappa shape index (κ1) is 20.7. The zero-order valence-corrected chi connectivity index (χ0v) is 17.8. The minimum Gasteiger partial charge on any atom is -0.462 e. The monoisotopic (exact) mass is 477 g/mol. The van der Waals surface area contributed by atoms with E-state index in [-0.39, 0.29) is 33.2 Å². The molecule has 4 N–H and O–H groups in total. The Bertz CT molecular complexity index is 1210. The summed E-state index contributed by atoms with van der Waals surface area (Å²) in [5.74, 6) is -2.06. The van der Waals surface area contributed by atoms with Crippen molar-refractivity contribution in [1.82, 2.24) is 0 Å². The second-order valence-corrected chi connectivity index (χ2v) is 7.91. The van der Waals surface area contributed by atoms with Crippen molar-refractivity contribution in [2.24, 2.45) is 5.73 Å². The van der Waals surface area contributed by atoms with Gasteiger partial charge in [0, 0.05) is 9.86 Å². The van der Waals surface area contributed by atoms with Gasteiger partial charge in [0.25, 0.3) is 11.8 Å². The highest BCUT2D eigenvalue weighted by atomic mass is 79.9. The maximum Gasteiger partial charge on any atom is 0.341 e. The molecule has 0 atom stereocenters. The summed E-state index contributed by atoms with van der Waals surface area (Å²) in [5, 5.41) is 11.3. The van der Waals surface area contributed by atoms with Gasteiger partial charge in [0.15, 0.2) is 0 Å². The van der Waals surface area contributed by atoms with Gasteiger partial charge in [0.1, 0.15) is 16.1 Å². The fourth-order valence-electron chi connectivity index (χ4n) is 2.74. The number of carbonyl (C=O) groups is 3. The summed E-state index contributed by atoms with van der Waals surface area (Å²) in [5.41, 5.74) is 5.84. The summed E-state index contributed by atoms with van der Waals surface area (Å²) in [7, 11) is 0. The van der Waals surface area contributed by atoms with Gasteiger partial charge in [-0.05, 0) is 43.7 Å². The van der Waals surface area contributed by atoms with E-state index in [1.54, 1.807) is 32.0 Å². The Morgan fingerprint density at radius 1 is 1.31 bits per heavy atom. The SMILES string of the molecule is CCOC(=O)c1c(NC(=O)c2cc3cc(Br)ccc3oc2=N)sc(C(N)=O)c1C. The lowest BCUT2D eigenvalue weighted by Crippen LogP contribution is -2.21. The number of rotatable bonds is 5. The summed E-state index contributed by atoms with van der Waals surface area (Å²) in [6.45, 7) is 3.33. The summed E-state index contributed by atoms with van der Waals surface area (Å²) < 4.78 is 11.2. The molecule has 3 rings (SSSR count). The molecule has 0 spiro atoms. The standard InChI is InChI=1S/C19H16BrN3O5S/c1-3-27-19(26)13-8(2)14(15(21)24)29-18(13)23-17(25)11-7-9-6-10(20)4-5-12(9)28-16(11)22/h4-7,22H,3H2,1-2H3,(H2,21,24)(H,23,25). The van der Waals surface area contributed by atoms with Crippen LogP contribution in [0.3, 0.4) is 0 Å². The number of benzene rings is 1. The fourth-order valence-corrected chi connectivity index (χ4v) is 4.16. The molecule has 2 heterocycles. The highest BCUT2D eigenvalue weighted by Gasteiger charge is 2.26. The molecule has 0 saturated heterocycles. The number of halogens is 1. The first-order valence-corrected chi connectivity index (χ1v) is 10.0. The van der Waals surface area contributed by atoms with Crippen molar-refractivity contribution in [2.45, 2.75) is 13.8 Å². The lowest BCUT2D eigenvalue weighted by atomic mass is 10.1. The molecule has 2 aromatic heterocycles. The highest BCUT2D eigenvalue weighted by Crippen LogP contribution is 2.34. The average Bonchev–Trinajstić information content (AvgIpc) is 2.97. The Morgan fingerprint density at radius 3 is 2.69 bits per heavy atom. The van der Waals surface area contributed by atoms with Crippen molar-refractivity contribution in [1.29, 1.82) is 5.41 Å². The smallest absolute Gasteiger partial charge is 0.341 e. The van der Waals surface area contributed by atoms with Crippen molar-refractivity contribution < 1.29 is 23.5 Å². The maximum atomic E-state index is 12.8. The molecule has 0 aliphatic carbocycles. The molecular weight excluding hydrogens is 462 g/mol. The molecule has 0 bridgehead atoms. The zero-order valence-electron chi connectivity index (χ0n) is 15.4. The minimum absolute atomic E-state index is 0.0305. The number of fused-ring (bicyclic) bond motifs is 1. The first-order chi connectivity index (χ1) is 13.7. The van der Waals surface area contributed by atoms with Crippen LogP contribution in [0.4, 0.5) is 5.00 Å². The van der Waals surface area contributed by atoms with Gasteiger partial charge >= 0.3 is 5.97 Å². The predicted molar refractivity (Wildman–Crippen MR) is 111 cm³/mol. The Hall–Kier alpha value is -2.98. The molecule has 10 heteroatoms. The Labute approximate surface area is 177 Å². The summed E-state index contributed by atoms with van der Waals surface area (Å²) in [6, 6.07) is 6.70. The van der Waals surface area contributed by atoms with Crippen LogP contribution in [0.2, 0.25) is 0 Å². The molecule has 0 fully saturated rings. The van der Waals surface area contributed by atoms with Gasteiger partial charge < -0.3 is 20.2 Å². The lowest BCUT2D eigenvalue weighted by molar-refractivity contribution is 0.0527. The largest absolute Gasteiger partial charge is 0.462 e. The van der Waals surface area contributed by atoms with E-state index in [9.17, 15) is 14.4 Å². The van der Waals surface area contributed by atoms with E-state index in [1.165, 1.54) is 6.07 Å². The Balaban J connectivity index is 2.05. The van der Waals surface area contributed by atoms with Crippen LogP contribution in [0.5, 0.6) is 0 Å². The maximum absolute atomic E-state index is 12.8. The third-order valence-electron chi connectivity index (χ3n) is 4.05. The fraction of sp³-hybridized carbons (Fsp3) is 0.158. The normalized spacial score (nSPS) is 10.7. The van der Waals surface area contributed by atoms with Crippen LogP contribution >= 0.6 is 27.3 Å². The number of hydrogen-bond acceptors (Lipinski definition) is 7. The molecule has 2 amide bonds.